The quantitative estimate of drug-likeness (QED) is 0.723. The molecule has 0 heterocycles. The second-order valence-electron chi connectivity index (χ2n) is 4.88. The highest BCUT2D eigenvalue weighted by Crippen LogP contribution is 2.34. The van der Waals surface area contributed by atoms with E-state index >= 15 is 0 Å². The predicted molar refractivity (Wildman–Crippen MR) is 76.0 cm³/mol. The maximum absolute atomic E-state index is 9.30. The molecular weight excluding hydrogens is 244 g/mol. The third-order valence-electron chi connectivity index (χ3n) is 3.39. The van der Waals surface area contributed by atoms with Gasteiger partial charge in [-0.05, 0) is 37.0 Å². The lowest BCUT2D eigenvalue weighted by atomic mass is 10.1. The normalized spacial score (nSPS) is 14.3. The van der Waals surface area contributed by atoms with Crippen LogP contribution in [0.2, 0.25) is 0 Å². The summed E-state index contributed by atoms with van der Waals surface area (Å²) < 4.78 is 0. The van der Waals surface area contributed by atoms with Crippen molar-refractivity contribution in [1.82, 2.24) is 0 Å². The molecule has 0 N–H and O–H groups in total. The fraction of sp³-hybridized carbons (Fsp3) is 0.533. The number of hydrogen-bond acceptors (Lipinski definition) is 2. The van der Waals surface area contributed by atoms with Gasteiger partial charge in [0.2, 0.25) is 0 Å². The molecule has 1 aromatic carbocycles. The molecule has 1 saturated carbocycles. The Kier molecular flexibility index (Phi) is 4.49. The number of alkyl halides is 1. The summed E-state index contributed by atoms with van der Waals surface area (Å²) >= 11 is 5.82. The highest BCUT2D eigenvalue weighted by atomic mass is 35.5. The highest BCUT2D eigenvalue weighted by molar-refractivity contribution is 6.17. The third-order valence-corrected chi connectivity index (χ3v) is 3.69. The minimum Gasteiger partial charge on any atom is -0.367 e. The van der Waals surface area contributed by atoms with Crippen LogP contribution in [0.5, 0.6) is 0 Å². The summed E-state index contributed by atoms with van der Waals surface area (Å²) in [6.45, 7) is 3.25. The maximum Gasteiger partial charge on any atom is 0.101 e. The topological polar surface area (TPSA) is 27.0 Å². The van der Waals surface area contributed by atoms with Gasteiger partial charge in [0.05, 0.1) is 11.3 Å². The smallest absolute Gasteiger partial charge is 0.101 e. The first-order valence-electron chi connectivity index (χ1n) is 6.65. The van der Waals surface area contributed by atoms with Crippen molar-refractivity contribution in [2.45, 2.75) is 44.5 Å². The molecule has 0 radical (unpaired) electrons. The number of benzene rings is 1. The number of nitriles is 1. The van der Waals surface area contributed by atoms with E-state index in [4.69, 9.17) is 11.6 Å². The Bertz CT molecular complexity index is 446. The molecule has 1 aliphatic carbocycles. The van der Waals surface area contributed by atoms with Gasteiger partial charge in [-0.3, -0.25) is 0 Å². The number of hydrogen-bond donors (Lipinski definition) is 0. The van der Waals surface area contributed by atoms with E-state index in [0.29, 0.717) is 11.9 Å². The minimum absolute atomic E-state index is 0.466. The van der Waals surface area contributed by atoms with Crippen molar-refractivity contribution in [2.75, 3.05) is 11.4 Å². The summed E-state index contributed by atoms with van der Waals surface area (Å²) in [6.07, 6.45) is 4.88. The van der Waals surface area contributed by atoms with Gasteiger partial charge in [-0.1, -0.05) is 19.4 Å². The van der Waals surface area contributed by atoms with E-state index in [0.717, 1.165) is 23.4 Å². The van der Waals surface area contributed by atoms with E-state index in [9.17, 15) is 5.26 Å². The highest BCUT2D eigenvalue weighted by Gasteiger charge is 2.30. The van der Waals surface area contributed by atoms with Crippen molar-refractivity contribution in [3.8, 4) is 6.07 Å². The van der Waals surface area contributed by atoms with Gasteiger partial charge in [-0.15, -0.1) is 11.6 Å². The summed E-state index contributed by atoms with van der Waals surface area (Å²) in [6, 6.07) is 8.97. The Balaban J connectivity index is 2.26. The van der Waals surface area contributed by atoms with E-state index in [-0.39, 0.29) is 0 Å². The van der Waals surface area contributed by atoms with Crippen molar-refractivity contribution in [1.29, 1.82) is 5.26 Å². The molecule has 2 rings (SSSR count). The van der Waals surface area contributed by atoms with Crippen LogP contribution in [0.4, 0.5) is 5.69 Å². The first-order chi connectivity index (χ1) is 8.80. The van der Waals surface area contributed by atoms with Gasteiger partial charge in [0.25, 0.3) is 0 Å². The lowest BCUT2D eigenvalue weighted by Crippen LogP contribution is -2.27. The second kappa shape index (κ2) is 6.11. The van der Waals surface area contributed by atoms with Gasteiger partial charge in [-0.25, -0.2) is 0 Å². The van der Waals surface area contributed by atoms with E-state index in [1.54, 1.807) is 0 Å². The molecule has 1 fully saturated rings. The molecule has 0 spiro atoms. The molecule has 96 valence electrons. The van der Waals surface area contributed by atoms with Gasteiger partial charge < -0.3 is 4.90 Å². The lowest BCUT2D eigenvalue weighted by molar-refractivity contribution is 0.712. The van der Waals surface area contributed by atoms with E-state index in [1.807, 2.05) is 12.1 Å². The van der Waals surface area contributed by atoms with Gasteiger partial charge in [0, 0.05) is 18.5 Å². The fourth-order valence-electron chi connectivity index (χ4n) is 2.22. The lowest BCUT2D eigenvalue weighted by Gasteiger charge is -2.25. The Labute approximate surface area is 114 Å². The van der Waals surface area contributed by atoms with Crippen LogP contribution in [0, 0.1) is 11.3 Å². The van der Waals surface area contributed by atoms with Gasteiger partial charge in [-0.2, -0.15) is 5.26 Å². The minimum atomic E-state index is 0.466. The van der Waals surface area contributed by atoms with Crippen LogP contribution >= 0.6 is 11.6 Å². The van der Waals surface area contributed by atoms with Crippen LogP contribution in [0.25, 0.3) is 0 Å². The second-order valence-corrected chi connectivity index (χ2v) is 5.14. The molecule has 0 amide bonds. The molecule has 0 unspecified atom stereocenters. The molecule has 0 aromatic heterocycles. The molecule has 0 atom stereocenters. The standard InChI is InChI=1S/C15H19ClN2/c1-2-3-8-18(14-5-6-14)15-7-4-12(10-16)9-13(15)11-17/h4,7,9,14H,2-3,5-6,8,10H2,1H3. The number of unbranched alkanes of at least 4 members (excludes halogenated alkanes) is 1. The summed E-state index contributed by atoms with van der Waals surface area (Å²) in [5.41, 5.74) is 2.86. The largest absolute Gasteiger partial charge is 0.367 e. The van der Waals surface area contributed by atoms with Crippen molar-refractivity contribution >= 4 is 17.3 Å². The molecule has 3 heteroatoms. The van der Waals surface area contributed by atoms with Gasteiger partial charge >= 0.3 is 0 Å². The zero-order chi connectivity index (χ0) is 13.0. The zero-order valence-electron chi connectivity index (χ0n) is 10.8. The Morgan fingerprint density at radius 3 is 2.78 bits per heavy atom. The van der Waals surface area contributed by atoms with Crippen LogP contribution in [0.3, 0.4) is 0 Å². The number of anilines is 1. The average Bonchev–Trinajstić information content (AvgIpc) is 3.24. The van der Waals surface area contributed by atoms with Crippen LogP contribution in [-0.2, 0) is 5.88 Å². The summed E-state index contributed by atoms with van der Waals surface area (Å²) in [5, 5.41) is 9.30. The molecule has 1 aliphatic rings. The van der Waals surface area contributed by atoms with Gasteiger partial charge in [0.15, 0.2) is 0 Å². The zero-order valence-corrected chi connectivity index (χ0v) is 11.6. The third kappa shape index (κ3) is 2.97. The molecule has 0 aliphatic heterocycles. The molecule has 1 aromatic rings. The summed E-state index contributed by atoms with van der Waals surface area (Å²) in [7, 11) is 0. The van der Waals surface area contributed by atoms with Crippen molar-refractivity contribution in [2.24, 2.45) is 0 Å². The monoisotopic (exact) mass is 262 g/mol. The SMILES string of the molecule is CCCCN(c1ccc(CCl)cc1C#N)C1CC1. The first-order valence-corrected chi connectivity index (χ1v) is 7.19. The number of halogens is 1. The van der Waals surface area contributed by atoms with E-state index < -0.39 is 0 Å². The average molecular weight is 263 g/mol. The fourth-order valence-corrected chi connectivity index (χ4v) is 2.39. The van der Waals surface area contributed by atoms with Crippen LogP contribution in [0.15, 0.2) is 18.2 Å². The maximum atomic E-state index is 9.30. The Hall–Kier alpha value is -1.20. The van der Waals surface area contributed by atoms with E-state index in [2.05, 4.69) is 24.0 Å². The molecular formula is C15H19ClN2. The summed E-state index contributed by atoms with van der Waals surface area (Å²) in [5.74, 6) is 0.466. The van der Waals surface area contributed by atoms with Crippen LogP contribution in [0.1, 0.15) is 43.7 Å². The van der Waals surface area contributed by atoms with Crippen molar-refractivity contribution < 1.29 is 0 Å². The first kappa shape index (κ1) is 13.2. The Morgan fingerprint density at radius 1 is 1.44 bits per heavy atom. The van der Waals surface area contributed by atoms with Crippen LogP contribution in [-0.4, -0.2) is 12.6 Å². The summed E-state index contributed by atoms with van der Waals surface area (Å²) in [4.78, 5) is 2.40. The molecule has 2 nitrogen and oxygen atoms in total. The van der Waals surface area contributed by atoms with Crippen LogP contribution < -0.4 is 4.90 Å². The number of nitrogens with zero attached hydrogens (tertiary/aromatic N) is 2. The van der Waals surface area contributed by atoms with E-state index in [1.165, 1.54) is 25.7 Å². The van der Waals surface area contributed by atoms with Crippen molar-refractivity contribution in [3.63, 3.8) is 0 Å². The molecule has 0 bridgehead atoms. The van der Waals surface area contributed by atoms with Gasteiger partial charge in [0.1, 0.15) is 6.07 Å². The molecule has 18 heavy (non-hydrogen) atoms. The number of rotatable bonds is 6. The molecule has 0 saturated heterocycles. The van der Waals surface area contributed by atoms with Crippen molar-refractivity contribution in [3.05, 3.63) is 29.3 Å². The predicted octanol–water partition coefficient (Wildman–Crippen LogP) is 4.07. The Morgan fingerprint density at radius 2 is 2.22 bits per heavy atom.